The van der Waals surface area contributed by atoms with Gasteiger partial charge in [-0.2, -0.15) is 0 Å². The normalized spacial score (nSPS) is 1.00. The van der Waals surface area contributed by atoms with Gasteiger partial charge in [0, 0.05) is 17.1 Å². The zero-order valence-electron chi connectivity index (χ0n) is 3.19. The van der Waals surface area contributed by atoms with Crippen LogP contribution in [0.5, 0.6) is 0 Å². The molecule has 0 saturated carbocycles. The fourth-order valence-corrected chi connectivity index (χ4v) is 0. The third kappa shape index (κ3) is 9.50. The van der Waals surface area contributed by atoms with Gasteiger partial charge >= 0.3 is 42.0 Å². The molecule has 0 aromatic carbocycles. The summed E-state index contributed by atoms with van der Waals surface area (Å²) in [5.74, 6) is 0. The van der Waals surface area contributed by atoms with Crippen LogP contribution >= 0.6 is 0 Å². The summed E-state index contributed by atoms with van der Waals surface area (Å²) in [7, 11) is 0. The molecule has 4 heavy (non-hydrogen) atoms. The van der Waals surface area contributed by atoms with E-state index in [1.54, 1.807) is 0 Å². The average molecular weight is 263 g/mol. The van der Waals surface area contributed by atoms with Crippen LogP contribution in [0, 0.1) is 0 Å². The van der Waals surface area contributed by atoms with Gasteiger partial charge in [-0.3, -0.25) is 0 Å². The Hall–Kier alpha value is 1.61. The van der Waals surface area contributed by atoms with Crippen LogP contribution < -0.4 is 18.9 Å². The van der Waals surface area contributed by atoms with E-state index in [2.05, 4.69) is 0 Å². The van der Waals surface area contributed by atoms with E-state index in [9.17, 15) is 0 Å². The van der Waals surface area contributed by atoms with Gasteiger partial charge in [-0.05, 0) is 0 Å². The van der Waals surface area contributed by atoms with Crippen LogP contribution in [0.2, 0.25) is 0 Å². The Morgan fingerprint density at radius 3 is 1.50 bits per heavy atom. The summed E-state index contributed by atoms with van der Waals surface area (Å²) in [6, 6.07) is 0. The molecule has 0 aromatic rings. The molecule has 0 aliphatic heterocycles. The Bertz CT molecular complexity index is 11.6. The van der Waals surface area contributed by atoms with Crippen LogP contribution in [0.1, 0.15) is 1.43 Å². The summed E-state index contributed by atoms with van der Waals surface area (Å²) in [5.41, 5.74) is 0. The summed E-state index contributed by atoms with van der Waals surface area (Å²) >= 11 is 0.333. The average Bonchev–Trinajstić information content (AvgIpc) is 1.00. The molecule has 0 rings (SSSR count). The van der Waals surface area contributed by atoms with E-state index in [1.807, 2.05) is 0 Å². The van der Waals surface area contributed by atoms with E-state index in [0.29, 0.717) is 19.8 Å². The van der Waals surface area contributed by atoms with Crippen molar-refractivity contribution in [2.24, 2.45) is 0 Å². The molecule has 0 aliphatic rings. The predicted molar refractivity (Wildman–Crippen MR) is 1.80 cm³/mol. The molecular weight excluding hydrogens is 262 g/mol. The van der Waals surface area contributed by atoms with Crippen LogP contribution in [-0.2, 0) is 40.2 Å². The van der Waals surface area contributed by atoms with E-state index >= 15 is 0 Å². The molecule has 0 unspecified atom stereocenters. The molecule has 0 atom stereocenters. The second-order valence-electron chi connectivity index (χ2n) is 0. The first kappa shape index (κ1) is 17.5. The van der Waals surface area contributed by atoms with Crippen molar-refractivity contribution in [3.05, 3.63) is 0 Å². The zero-order valence-corrected chi connectivity index (χ0v) is 6.31. The first-order valence-corrected chi connectivity index (χ1v) is 1.36. The second kappa shape index (κ2) is 23.2. The second-order valence-corrected chi connectivity index (χ2v) is 0. The van der Waals surface area contributed by atoms with Gasteiger partial charge in [0.15, 0.2) is 0 Å². The van der Waals surface area contributed by atoms with Gasteiger partial charge in [0.1, 0.15) is 0 Å². The number of rotatable bonds is 0. The molecule has 1 nitrogen and oxygen atoms in total. The minimum atomic E-state index is 0. The molecule has 0 aromatic heterocycles. The Morgan fingerprint density at radius 1 is 1.50 bits per heavy atom. The van der Waals surface area contributed by atoms with Crippen molar-refractivity contribution >= 4 is 0 Å². The van der Waals surface area contributed by atoms with E-state index < -0.39 is 0 Å². The van der Waals surface area contributed by atoms with Crippen molar-refractivity contribution in [1.29, 1.82) is 0 Å². The molecule has 0 N–H and O–H groups in total. The maximum absolute atomic E-state index is 8.33. The molecule has 4 heteroatoms. The van der Waals surface area contributed by atoms with Gasteiger partial charge in [-0.25, -0.2) is 0 Å². The molecule has 0 saturated heterocycles. The van der Waals surface area contributed by atoms with E-state index in [1.165, 1.54) is 0 Å². The Labute approximate surface area is 60.2 Å². The molecule has 0 aliphatic carbocycles. The zero-order chi connectivity index (χ0) is 2.00. The van der Waals surface area contributed by atoms with Crippen molar-refractivity contribution in [2.75, 3.05) is 0 Å². The van der Waals surface area contributed by atoms with Gasteiger partial charge in [-0.1, -0.05) is 0 Å². The van der Waals surface area contributed by atoms with Crippen LogP contribution in [0.3, 0.4) is 0 Å². The third-order valence-corrected chi connectivity index (χ3v) is 0. The van der Waals surface area contributed by atoms with Crippen LogP contribution in [0.25, 0.3) is 0 Å². The molecule has 0 fully saturated rings. The molecule has 1 radical (unpaired) electrons. The van der Waals surface area contributed by atoms with Gasteiger partial charge in [0.2, 0.25) is 0 Å². The van der Waals surface area contributed by atoms with Crippen molar-refractivity contribution in [3.8, 4) is 0 Å². The Kier molecular flexibility index (Phi) is 102. The third-order valence-electron chi connectivity index (χ3n) is 0. The summed E-state index contributed by atoms with van der Waals surface area (Å²) in [4.78, 5) is 0. The van der Waals surface area contributed by atoms with Gasteiger partial charge in [-0.15, -0.1) is 0 Å². The fourth-order valence-electron chi connectivity index (χ4n) is 0. The predicted octanol–water partition coefficient (Wildman–Crippen LogP) is -3.01. The van der Waals surface area contributed by atoms with Crippen molar-refractivity contribution in [2.45, 2.75) is 0 Å². The van der Waals surface area contributed by atoms with Crippen molar-refractivity contribution in [3.63, 3.8) is 0 Å². The van der Waals surface area contributed by atoms with Crippen LogP contribution in [0.4, 0.5) is 0 Å². The Morgan fingerprint density at radius 2 is 1.50 bits per heavy atom. The number of hydrogen-bond acceptors (Lipinski definition) is 1. The quantitative estimate of drug-likeness (QED) is 0.425. The molecule has 0 amide bonds. The van der Waals surface area contributed by atoms with E-state index in [4.69, 9.17) is 3.40 Å². The van der Waals surface area contributed by atoms with E-state index in [0.717, 1.165) is 0 Å². The SMILES string of the molecule is [H-].[Li+].[Mn].[O]=[W]. The summed E-state index contributed by atoms with van der Waals surface area (Å²) < 4.78 is 8.33. The Balaban J connectivity index is -0.00000000167. The maximum atomic E-state index is 8.33. The van der Waals surface area contributed by atoms with E-state index in [-0.39, 0.29) is 37.4 Å². The first-order chi connectivity index (χ1) is 1.00. The summed E-state index contributed by atoms with van der Waals surface area (Å²) in [6.45, 7) is 0. The molecule has 0 spiro atoms. The molecule has 0 bridgehead atoms. The first-order valence-electron chi connectivity index (χ1n) is 0.167. The fraction of sp³-hybridized carbons (Fsp3) is 0. The van der Waals surface area contributed by atoms with Crippen LogP contribution in [0.15, 0.2) is 0 Å². The standard InChI is InChI=1S/Li.Mn.O.W.H/q+1;;;;-1. The number of hydrogen-bond donors (Lipinski definition) is 0. The van der Waals surface area contributed by atoms with Gasteiger partial charge in [0.05, 0.1) is 0 Å². The molecule has 0 heterocycles. The minimum absolute atomic E-state index is 0. The van der Waals surface area contributed by atoms with Gasteiger partial charge < -0.3 is 1.43 Å². The topological polar surface area (TPSA) is 17.1 Å². The van der Waals surface area contributed by atoms with Gasteiger partial charge in [0.25, 0.3) is 0 Å². The molecule has 21 valence electrons. The van der Waals surface area contributed by atoms with Crippen molar-refractivity contribution < 1.29 is 60.5 Å². The monoisotopic (exact) mass is 263 g/mol. The summed E-state index contributed by atoms with van der Waals surface area (Å²) in [5, 5.41) is 0. The van der Waals surface area contributed by atoms with Crippen molar-refractivity contribution in [1.82, 2.24) is 0 Å². The van der Waals surface area contributed by atoms with Crippen LogP contribution in [-0.4, -0.2) is 0 Å². The summed E-state index contributed by atoms with van der Waals surface area (Å²) in [6.07, 6.45) is 0. The molecular formula is HLiMnOW.